The van der Waals surface area contributed by atoms with E-state index in [1.165, 1.54) is 12.3 Å². The molecule has 7 heteroatoms. The predicted octanol–water partition coefficient (Wildman–Crippen LogP) is 1.33. The number of nitrogens with zero attached hydrogens (tertiary/aromatic N) is 2. The molecule has 7 nitrogen and oxygen atoms in total. The number of hydrogen-bond acceptors (Lipinski definition) is 4. The van der Waals surface area contributed by atoms with Crippen LogP contribution < -0.4 is 16.4 Å². The normalized spacial score (nSPS) is 22.0. The summed E-state index contributed by atoms with van der Waals surface area (Å²) in [5.41, 5.74) is 2.23. The summed E-state index contributed by atoms with van der Waals surface area (Å²) >= 11 is 0. The maximum atomic E-state index is 12.4. The number of aryl methyl sites for hydroxylation is 2. The van der Waals surface area contributed by atoms with Crippen LogP contribution in [0, 0.1) is 0 Å². The molecule has 0 unspecified atom stereocenters. The van der Waals surface area contributed by atoms with Crippen LogP contribution in [0.3, 0.4) is 0 Å². The Morgan fingerprint density at radius 3 is 2.73 bits per heavy atom. The second-order valence-corrected chi connectivity index (χ2v) is 7.17. The van der Waals surface area contributed by atoms with Crippen molar-refractivity contribution >= 4 is 5.91 Å². The molecule has 0 aromatic carbocycles. The molecule has 0 bridgehead atoms. The van der Waals surface area contributed by atoms with Crippen LogP contribution in [0.25, 0.3) is 0 Å². The zero-order chi connectivity index (χ0) is 18.1. The molecule has 0 radical (unpaired) electrons. The molecule has 2 aromatic rings. The van der Waals surface area contributed by atoms with Crippen molar-refractivity contribution in [1.29, 1.82) is 0 Å². The zero-order valence-electron chi connectivity index (χ0n) is 14.5. The van der Waals surface area contributed by atoms with Crippen molar-refractivity contribution in [1.82, 2.24) is 20.1 Å². The molecule has 2 heterocycles. The molecule has 1 amide bonds. The van der Waals surface area contributed by atoms with Gasteiger partial charge in [0.25, 0.3) is 11.5 Å². The Hall–Kier alpha value is -2.70. The van der Waals surface area contributed by atoms with Gasteiger partial charge < -0.3 is 10.3 Å². The number of H-pyrrole nitrogens is 1. The van der Waals surface area contributed by atoms with Gasteiger partial charge in [0.05, 0.1) is 11.7 Å². The van der Waals surface area contributed by atoms with Crippen molar-refractivity contribution in [2.45, 2.75) is 57.0 Å². The van der Waals surface area contributed by atoms with Gasteiger partial charge in [0.2, 0.25) is 5.56 Å². The summed E-state index contributed by atoms with van der Waals surface area (Å²) < 4.78 is 1.65. The fourth-order valence-electron chi connectivity index (χ4n) is 4.00. The monoisotopic (exact) mass is 354 g/mol. The minimum absolute atomic E-state index is 0.0124. The molecule has 2 aromatic heterocycles. The van der Waals surface area contributed by atoms with E-state index in [9.17, 15) is 14.4 Å². The molecule has 0 aliphatic heterocycles. The van der Waals surface area contributed by atoms with Crippen LogP contribution in [0.2, 0.25) is 0 Å². The highest BCUT2D eigenvalue weighted by Crippen LogP contribution is 2.28. The third-order valence-corrected chi connectivity index (χ3v) is 5.40. The van der Waals surface area contributed by atoms with E-state index in [1.54, 1.807) is 16.8 Å². The molecular formula is C19H22N4O3. The van der Waals surface area contributed by atoms with Crippen LogP contribution >= 0.6 is 0 Å². The van der Waals surface area contributed by atoms with Crippen molar-refractivity contribution in [3.05, 3.63) is 61.9 Å². The Labute approximate surface area is 150 Å². The van der Waals surface area contributed by atoms with Crippen LogP contribution in [0.15, 0.2) is 34.0 Å². The van der Waals surface area contributed by atoms with E-state index in [0.717, 1.165) is 56.2 Å². The summed E-state index contributed by atoms with van der Waals surface area (Å²) in [6.45, 7) is 0. The summed E-state index contributed by atoms with van der Waals surface area (Å²) in [6, 6.07) is 4.80. The fourth-order valence-corrected chi connectivity index (χ4v) is 4.00. The van der Waals surface area contributed by atoms with Gasteiger partial charge in [-0.2, -0.15) is 5.10 Å². The second kappa shape index (κ2) is 6.90. The summed E-state index contributed by atoms with van der Waals surface area (Å²) in [4.78, 5) is 38.4. The molecule has 4 rings (SSSR count). The molecule has 0 spiro atoms. The number of rotatable bonds is 3. The van der Waals surface area contributed by atoms with Crippen molar-refractivity contribution in [3.8, 4) is 0 Å². The van der Waals surface area contributed by atoms with Crippen LogP contribution in [0.1, 0.15) is 59.8 Å². The molecule has 0 saturated heterocycles. The largest absolute Gasteiger partial charge is 0.349 e. The van der Waals surface area contributed by atoms with E-state index in [1.807, 2.05) is 0 Å². The molecule has 2 aliphatic rings. The molecule has 136 valence electrons. The number of carbonyl (C=O) groups excluding carboxylic acids is 1. The summed E-state index contributed by atoms with van der Waals surface area (Å²) in [5, 5.41) is 7.59. The number of aromatic amines is 1. The lowest BCUT2D eigenvalue weighted by molar-refractivity contribution is 0.0921. The Bertz CT molecular complexity index is 938. The quantitative estimate of drug-likeness (QED) is 0.869. The minimum Gasteiger partial charge on any atom is -0.349 e. The van der Waals surface area contributed by atoms with Crippen molar-refractivity contribution < 1.29 is 4.79 Å². The van der Waals surface area contributed by atoms with Gasteiger partial charge in [-0.05, 0) is 56.6 Å². The van der Waals surface area contributed by atoms with Gasteiger partial charge in [-0.25, -0.2) is 4.68 Å². The van der Waals surface area contributed by atoms with Gasteiger partial charge in [0, 0.05) is 29.9 Å². The molecule has 0 atom stereocenters. The van der Waals surface area contributed by atoms with Gasteiger partial charge >= 0.3 is 0 Å². The average molecular weight is 354 g/mol. The maximum absolute atomic E-state index is 12.4. The van der Waals surface area contributed by atoms with Gasteiger partial charge in [0.1, 0.15) is 0 Å². The van der Waals surface area contributed by atoms with E-state index < -0.39 is 0 Å². The summed E-state index contributed by atoms with van der Waals surface area (Å²) in [6.07, 6.45) is 7.68. The highest BCUT2D eigenvalue weighted by Gasteiger charge is 2.26. The Kier molecular flexibility index (Phi) is 4.44. The van der Waals surface area contributed by atoms with E-state index in [4.69, 9.17) is 0 Å². The third-order valence-electron chi connectivity index (χ3n) is 5.40. The second-order valence-electron chi connectivity index (χ2n) is 7.17. The van der Waals surface area contributed by atoms with E-state index in [0.29, 0.717) is 5.56 Å². The van der Waals surface area contributed by atoms with E-state index in [2.05, 4.69) is 15.4 Å². The molecule has 2 N–H and O–H groups in total. The number of nitrogens with one attached hydrogen (secondary N) is 2. The SMILES string of the molecule is O=C(NC1CCC(n2nc3c(cc2=O)CCC3)CC1)c1cc[nH]c(=O)c1. The third kappa shape index (κ3) is 3.34. The number of aromatic nitrogens is 3. The lowest BCUT2D eigenvalue weighted by atomic mass is 9.91. The van der Waals surface area contributed by atoms with Crippen molar-refractivity contribution in [2.75, 3.05) is 0 Å². The van der Waals surface area contributed by atoms with E-state index >= 15 is 0 Å². The minimum atomic E-state index is -0.289. The Morgan fingerprint density at radius 2 is 1.96 bits per heavy atom. The zero-order valence-corrected chi connectivity index (χ0v) is 14.5. The Morgan fingerprint density at radius 1 is 1.15 bits per heavy atom. The molecule has 1 saturated carbocycles. The van der Waals surface area contributed by atoms with Gasteiger partial charge in [-0.15, -0.1) is 0 Å². The lowest BCUT2D eigenvalue weighted by Gasteiger charge is -2.29. The maximum Gasteiger partial charge on any atom is 0.267 e. The number of pyridine rings is 1. The number of amides is 1. The number of carbonyl (C=O) groups is 1. The Balaban J connectivity index is 1.39. The first-order valence-electron chi connectivity index (χ1n) is 9.21. The van der Waals surface area contributed by atoms with Gasteiger partial charge in [0.15, 0.2) is 0 Å². The molecule has 1 fully saturated rings. The highest BCUT2D eigenvalue weighted by molar-refractivity contribution is 5.94. The van der Waals surface area contributed by atoms with Crippen molar-refractivity contribution in [3.63, 3.8) is 0 Å². The van der Waals surface area contributed by atoms with Crippen LogP contribution in [0.4, 0.5) is 0 Å². The molecular weight excluding hydrogens is 332 g/mol. The lowest BCUT2D eigenvalue weighted by Crippen LogP contribution is -2.40. The van der Waals surface area contributed by atoms with Crippen molar-refractivity contribution in [2.24, 2.45) is 0 Å². The number of hydrogen-bond donors (Lipinski definition) is 2. The topological polar surface area (TPSA) is 96.8 Å². The standard InChI is InChI=1S/C19H22N4O3/c24-17-10-13(8-9-20-17)19(26)21-14-4-6-15(7-5-14)23-18(25)11-12-2-1-3-16(12)22-23/h8-11,14-15H,1-7H2,(H,20,24)(H,21,26). The van der Waals surface area contributed by atoms with Gasteiger partial charge in [-0.3, -0.25) is 14.4 Å². The fraction of sp³-hybridized carbons (Fsp3) is 0.474. The first-order chi connectivity index (χ1) is 12.6. The van der Waals surface area contributed by atoms with E-state index in [-0.39, 0.29) is 29.1 Å². The average Bonchev–Trinajstić information content (AvgIpc) is 3.09. The molecule has 2 aliphatic carbocycles. The van der Waals surface area contributed by atoms with Gasteiger partial charge in [-0.1, -0.05) is 0 Å². The summed E-state index contributed by atoms with van der Waals surface area (Å²) in [7, 11) is 0. The van der Waals surface area contributed by atoms with Crippen LogP contribution in [-0.2, 0) is 12.8 Å². The first kappa shape index (κ1) is 16.8. The van der Waals surface area contributed by atoms with Crippen LogP contribution in [0.5, 0.6) is 0 Å². The highest BCUT2D eigenvalue weighted by atomic mass is 16.2. The summed E-state index contributed by atoms with van der Waals surface area (Å²) in [5.74, 6) is -0.229. The number of fused-ring (bicyclic) bond motifs is 1. The first-order valence-corrected chi connectivity index (χ1v) is 9.21. The smallest absolute Gasteiger partial charge is 0.267 e. The predicted molar refractivity (Wildman–Crippen MR) is 96.3 cm³/mol. The van der Waals surface area contributed by atoms with Crippen LogP contribution in [-0.4, -0.2) is 26.7 Å². The molecule has 26 heavy (non-hydrogen) atoms.